The lowest BCUT2D eigenvalue weighted by Crippen LogP contribution is -2.21. The van der Waals surface area contributed by atoms with Crippen LogP contribution >= 0.6 is 11.6 Å². The van der Waals surface area contributed by atoms with Gasteiger partial charge >= 0.3 is 5.97 Å². The van der Waals surface area contributed by atoms with E-state index in [2.05, 4.69) is 18.9 Å². The SMILES string of the molecule is CCOc1cc(C)c(-c2nc3ccccc3c(=O)n2N=Cc2cc(Cl)c(OCC(=O)OC(C)C)c(OC)c2)cc1C(C)C. The van der Waals surface area contributed by atoms with E-state index in [4.69, 9.17) is 35.5 Å². The predicted molar refractivity (Wildman–Crippen MR) is 169 cm³/mol. The number of methoxy groups -OCH3 is 1. The molecular weight excluding hydrogens is 570 g/mol. The van der Waals surface area contributed by atoms with E-state index in [1.807, 2.05) is 38.1 Å². The molecule has 0 radical (unpaired) electrons. The van der Waals surface area contributed by atoms with Crippen LogP contribution in [0.5, 0.6) is 17.2 Å². The maximum Gasteiger partial charge on any atom is 0.344 e. The molecule has 226 valence electrons. The van der Waals surface area contributed by atoms with Gasteiger partial charge in [-0.3, -0.25) is 4.79 Å². The van der Waals surface area contributed by atoms with Crippen LogP contribution in [-0.2, 0) is 9.53 Å². The highest BCUT2D eigenvalue weighted by Gasteiger charge is 2.19. The number of para-hydroxylation sites is 1. The summed E-state index contributed by atoms with van der Waals surface area (Å²) in [4.78, 5) is 30.6. The smallest absolute Gasteiger partial charge is 0.344 e. The number of hydrogen-bond donors (Lipinski definition) is 0. The number of aryl methyl sites for hydroxylation is 1. The molecule has 1 aromatic heterocycles. The minimum atomic E-state index is -0.528. The van der Waals surface area contributed by atoms with Crippen LogP contribution in [0.3, 0.4) is 0 Å². The lowest BCUT2D eigenvalue weighted by Gasteiger charge is -2.18. The Morgan fingerprint density at radius 3 is 2.49 bits per heavy atom. The van der Waals surface area contributed by atoms with Gasteiger partial charge in [0.05, 0.1) is 42.0 Å². The van der Waals surface area contributed by atoms with Crippen LogP contribution in [-0.4, -0.2) is 48.3 Å². The van der Waals surface area contributed by atoms with Crippen molar-refractivity contribution < 1.29 is 23.7 Å². The molecule has 0 fully saturated rings. The zero-order chi connectivity index (χ0) is 31.3. The van der Waals surface area contributed by atoms with E-state index in [1.165, 1.54) is 18.0 Å². The van der Waals surface area contributed by atoms with Crippen molar-refractivity contribution in [1.82, 2.24) is 9.66 Å². The van der Waals surface area contributed by atoms with Gasteiger partial charge in [-0.2, -0.15) is 9.78 Å². The average molecular weight is 606 g/mol. The molecule has 9 nitrogen and oxygen atoms in total. The van der Waals surface area contributed by atoms with E-state index in [0.29, 0.717) is 34.6 Å². The summed E-state index contributed by atoms with van der Waals surface area (Å²) in [6, 6.07) is 14.4. The fourth-order valence-corrected chi connectivity index (χ4v) is 4.86. The van der Waals surface area contributed by atoms with Gasteiger partial charge in [-0.1, -0.05) is 37.6 Å². The molecule has 3 aromatic carbocycles. The zero-order valence-electron chi connectivity index (χ0n) is 25.4. The van der Waals surface area contributed by atoms with Gasteiger partial charge in [0.2, 0.25) is 0 Å². The summed E-state index contributed by atoms with van der Waals surface area (Å²) < 4.78 is 23.4. The largest absolute Gasteiger partial charge is 0.494 e. The maximum atomic E-state index is 13.8. The number of fused-ring (bicyclic) bond motifs is 1. The van der Waals surface area contributed by atoms with Crippen LogP contribution in [0.1, 0.15) is 57.2 Å². The van der Waals surface area contributed by atoms with Gasteiger partial charge in [0.15, 0.2) is 23.9 Å². The average Bonchev–Trinajstić information content (AvgIpc) is 2.95. The highest BCUT2D eigenvalue weighted by atomic mass is 35.5. The molecule has 4 rings (SSSR count). The number of ether oxygens (including phenoxy) is 4. The van der Waals surface area contributed by atoms with Crippen molar-refractivity contribution in [2.75, 3.05) is 20.3 Å². The van der Waals surface area contributed by atoms with E-state index in [1.54, 1.807) is 38.1 Å². The van der Waals surface area contributed by atoms with Gasteiger partial charge in [0.25, 0.3) is 5.56 Å². The lowest BCUT2D eigenvalue weighted by molar-refractivity contribution is -0.149. The first-order valence-corrected chi connectivity index (χ1v) is 14.4. The molecular formula is C33H36ClN3O6. The van der Waals surface area contributed by atoms with Crippen molar-refractivity contribution >= 4 is 34.7 Å². The first kappa shape index (κ1) is 31.6. The molecule has 0 spiro atoms. The normalized spacial score (nSPS) is 11.5. The molecule has 0 amide bonds. The van der Waals surface area contributed by atoms with Crippen LogP contribution in [0.25, 0.3) is 22.3 Å². The molecule has 0 unspecified atom stereocenters. The van der Waals surface area contributed by atoms with Gasteiger partial charge in [-0.15, -0.1) is 0 Å². The van der Waals surface area contributed by atoms with Gasteiger partial charge in [0.1, 0.15) is 5.75 Å². The van der Waals surface area contributed by atoms with Gasteiger partial charge in [-0.25, -0.2) is 9.78 Å². The second kappa shape index (κ2) is 13.7. The van der Waals surface area contributed by atoms with Crippen LogP contribution < -0.4 is 19.8 Å². The highest BCUT2D eigenvalue weighted by Crippen LogP contribution is 2.37. The molecule has 0 saturated heterocycles. The van der Waals surface area contributed by atoms with Crippen LogP contribution in [0, 0.1) is 6.92 Å². The summed E-state index contributed by atoms with van der Waals surface area (Å²) in [6.45, 7) is 11.8. The topological polar surface area (TPSA) is 101 Å². The quantitative estimate of drug-likeness (QED) is 0.137. The number of carbonyl (C=O) groups is 1. The van der Waals surface area contributed by atoms with E-state index in [0.717, 1.165) is 22.4 Å². The fraction of sp³-hybridized carbons (Fsp3) is 0.333. The molecule has 0 bridgehead atoms. The Labute approximate surface area is 256 Å². The van der Waals surface area contributed by atoms with Crippen molar-refractivity contribution in [3.63, 3.8) is 0 Å². The summed E-state index contributed by atoms with van der Waals surface area (Å²) in [5, 5.41) is 5.22. The Balaban J connectivity index is 1.82. The molecule has 0 aliphatic carbocycles. The highest BCUT2D eigenvalue weighted by molar-refractivity contribution is 6.32. The Morgan fingerprint density at radius 1 is 1.07 bits per heavy atom. The van der Waals surface area contributed by atoms with Crippen LogP contribution in [0.2, 0.25) is 5.02 Å². The Kier molecular flexibility index (Phi) is 10.1. The first-order chi connectivity index (χ1) is 20.5. The molecule has 0 saturated carbocycles. The fourth-order valence-electron chi connectivity index (χ4n) is 4.58. The Hall–Kier alpha value is -4.37. The number of carbonyl (C=O) groups excluding carboxylic acids is 1. The second-order valence-electron chi connectivity index (χ2n) is 10.5. The summed E-state index contributed by atoms with van der Waals surface area (Å²) >= 11 is 6.52. The zero-order valence-corrected chi connectivity index (χ0v) is 26.2. The third-order valence-corrected chi connectivity index (χ3v) is 6.83. The summed E-state index contributed by atoms with van der Waals surface area (Å²) in [5.41, 5.74) is 3.44. The van der Waals surface area contributed by atoms with Gasteiger partial charge in [-0.05, 0) is 86.7 Å². The Morgan fingerprint density at radius 2 is 1.81 bits per heavy atom. The van der Waals surface area contributed by atoms with E-state index in [-0.39, 0.29) is 35.0 Å². The third kappa shape index (κ3) is 7.17. The predicted octanol–water partition coefficient (Wildman–Crippen LogP) is 6.77. The molecule has 4 aromatic rings. The third-order valence-electron chi connectivity index (χ3n) is 6.55. The molecule has 43 heavy (non-hydrogen) atoms. The first-order valence-electron chi connectivity index (χ1n) is 14.1. The standard InChI is InChI=1S/C33H36ClN3O6/c1-8-41-28-13-21(6)25(16-24(28)19(2)3)32-36-27-12-10-9-11-23(27)33(39)37(32)35-17-22-14-26(34)31(29(15-22)40-7)42-18-30(38)43-20(4)5/h9-17,19-20H,8,18H2,1-7H3. The minimum Gasteiger partial charge on any atom is -0.494 e. The lowest BCUT2D eigenvalue weighted by atomic mass is 9.96. The van der Waals surface area contributed by atoms with Crippen molar-refractivity contribution in [2.24, 2.45) is 5.10 Å². The number of benzene rings is 3. The number of halogens is 1. The van der Waals surface area contributed by atoms with Gasteiger partial charge in [0, 0.05) is 5.56 Å². The molecule has 10 heteroatoms. The summed E-state index contributed by atoms with van der Waals surface area (Å²) in [7, 11) is 1.46. The van der Waals surface area contributed by atoms with Crippen molar-refractivity contribution in [2.45, 2.75) is 53.6 Å². The van der Waals surface area contributed by atoms with Crippen molar-refractivity contribution in [1.29, 1.82) is 0 Å². The molecule has 1 heterocycles. The van der Waals surface area contributed by atoms with E-state index >= 15 is 0 Å². The Bertz CT molecular complexity index is 1730. The second-order valence-corrected chi connectivity index (χ2v) is 10.9. The molecule has 0 aliphatic rings. The van der Waals surface area contributed by atoms with Gasteiger partial charge < -0.3 is 18.9 Å². The number of nitrogens with zero attached hydrogens (tertiary/aromatic N) is 3. The number of rotatable bonds is 11. The molecule has 0 N–H and O–H groups in total. The van der Waals surface area contributed by atoms with Crippen LogP contribution in [0.4, 0.5) is 0 Å². The van der Waals surface area contributed by atoms with E-state index < -0.39 is 5.97 Å². The summed E-state index contributed by atoms with van der Waals surface area (Å²) in [5.74, 6) is 1.33. The van der Waals surface area contributed by atoms with Crippen molar-refractivity contribution in [3.05, 3.63) is 80.6 Å². The van der Waals surface area contributed by atoms with Crippen LogP contribution in [0.15, 0.2) is 58.4 Å². The monoisotopic (exact) mass is 605 g/mol. The number of esters is 1. The number of aromatic nitrogens is 2. The molecule has 0 atom stereocenters. The minimum absolute atomic E-state index is 0.174. The van der Waals surface area contributed by atoms with E-state index in [9.17, 15) is 9.59 Å². The number of hydrogen-bond acceptors (Lipinski definition) is 8. The van der Waals surface area contributed by atoms with Crippen molar-refractivity contribution in [3.8, 4) is 28.6 Å². The maximum absolute atomic E-state index is 13.8. The summed E-state index contributed by atoms with van der Waals surface area (Å²) in [6.07, 6.45) is 1.23. The molecule has 0 aliphatic heterocycles.